The van der Waals surface area contributed by atoms with E-state index in [0.29, 0.717) is 17.9 Å². The van der Waals surface area contributed by atoms with Crippen LogP contribution in [0.15, 0.2) is 30.3 Å². The van der Waals surface area contributed by atoms with Crippen molar-refractivity contribution in [2.24, 2.45) is 0 Å². The molecule has 142 valence electrons. The summed E-state index contributed by atoms with van der Waals surface area (Å²) < 4.78 is 5.37. The van der Waals surface area contributed by atoms with Crippen molar-refractivity contribution in [1.29, 1.82) is 0 Å². The molecule has 0 aliphatic heterocycles. The van der Waals surface area contributed by atoms with Crippen molar-refractivity contribution in [1.82, 2.24) is 4.98 Å². The highest BCUT2D eigenvalue weighted by Crippen LogP contribution is 2.43. The third-order valence-electron chi connectivity index (χ3n) is 4.85. The van der Waals surface area contributed by atoms with Crippen LogP contribution >= 0.6 is 35.3 Å². The Kier molecular flexibility index (Phi) is 6.40. The Morgan fingerprint density at radius 2 is 1.96 bits per heavy atom. The number of halogens is 2. The Bertz CT molecular complexity index is 969. The number of ether oxygens (including phenoxy) is 1. The maximum absolute atomic E-state index is 12.8. The SMILES string of the molecule is CCOC(=O)c1c(CCl)nc2sc3c(c2c1-c1ccccc1)CCCC3.Cl. The van der Waals surface area contributed by atoms with Gasteiger partial charge in [0.05, 0.1) is 23.7 Å². The molecule has 0 saturated heterocycles. The Morgan fingerprint density at radius 3 is 2.67 bits per heavy atom. The second-order valence-corrected chi connectivity index (χ2v) is 7.77. The van der Waals surface area contributed by atoms with Crippen LogP contribution in [0.1, 0.15) is 46.3 Å². The summed E-state index contributed by atoms with van der Waals surface area (Å²) in [5.74, 6) is -0.154. The molecule has 0 atom stereocenters. The molecule has 0 unspecified atom stereocenters. The summed E-state index contributed by atoms with van der Waals surface area (Å²) >= 11 is 7.95. The van der Waals surface area contributed by atoms with Crippen molar-refractivity contribution in [2.45, 2.75) is 38.5 Å². The van der Waals surface area contributed by atoms with Crippen LogP contribution in [0.4, 0.5) is 0 Å². The molecule has 2 aromatic heterocycles. The number of hydrogen-bond donors (Lipinski definition) is 0. The number of esters is 1. The summed E-state index contributed by atoms with van der Waals surface area (Å²) in [4.78, 5) is 20.0. The van der Waals surface area contributed by atoms with E-state index in [1.165, 1.54) is 23.3 Å². The first kappa shape index (κ1) is 20.1. The van der Waals surface area contributed by atoms with Gasteiger partial charge in [-0.2, -0.15) is 0 Å². The number of thiophene rings is 1. The fraction of sp³-hybridized carbons (Fsp3) is 0.333. The van der Waals surface area contributed by atoms with Gasteiger partial charge in [0.1, 0.15) is 4.83 Å². The Morgan fingerprint density at radius 1 is 1.22 bits per heavy atom. The van der Waals surface area contributed by atoms with Crippen LogP contribution in [0.2, 0.25) is 0 Å². The number of benzene rings is 1. The number of fused-ring (bicyclic) bond motifs is 3. The van der Waals surface area contributed by atoms with Crippen LogP contribution in [0.3, 0.4) is 0 Å². The molecule has 27 heavy (non-hydrogen) atoms. The van der Waals surface area contributed by atoms with Gasteiger partial charge in [-0.05, 0) is 43.7 Å². The fourth-order valence-corrected chi connectivity index (χ4v) is 5.23. The van der Waals surface area contributed by atoms with E-state index in [4.69, 9.17) is 21.3 Å². The molecule has 0 bridgehead atoms. The minimum atomic E-state index is -0.341. The van der Waals surface area contributed by atoms with Crippen LogP contribution in [0.5, 0.6) is 0 Å². The molecule has 0 amide bonds. The van der Waals surface area contributed by atoms with Crippen molar-refractivity contribution in [2.75, 3.05) is 6.61 Å². The first-order valence-electron chi connectivity index (χ1n) is 9.00. The molecule has 1 aliphatic carbocycles. The number of aryl methyl sites for hydroxylation is 2. The van der Waals surface area contributed by atoms with E-state index in [1.807, 2.05) is 37.3 Å². The van der Waals surface area contributed by atoms with E-state index in [9.17, 15) is 4.79 Å². The van der Waals surface area contributed by atoms with Gasteiger partial charge in [0.25, 0.3) is 0 Å². The third kappa shape index (κ3) is 3.58. The van der Waals surface area contributed by atoms with Crippen LogP contribution in [0, 0.1) is 0 Å². The lowest BCUT2D eigenvalue weighted by molar-refractivity contribution is 0.0526. The quantitative estimate of drug-likeness (QED) is 0.372. The topological polar surface area (TPSA) is 39.2 Å². The Hall–Kier alpha value is -1.62. The van der Waals surface area contributed by atoms with Gasteiger partial charge in [-0.15, -0.1) is 35.3 Å². The zero-order valence-corrected chi connectivity index (χ0v) is 17.5. The molecule has 6 heteroatoms. The monoisotopic (exact) mass is 421 g/mol. The maximum atomic E-state index is 12.8. The van der Waals surface area contributed by atoms with Crippen molar-refractivity contribution >= 4 is 51.5 Å². The summed E-state index contributed by atoms with van der Waals surface area (Å²) in [6.07, 6.45) is 4.53. The molecule has 2 heterocycles. The minimum Gasteiger partial charge on any atom is -0.462 e. The Labute approximate surface area is 174 Å². The van der Waals surface area contributed by atoms with Crippen molar-refractivity contribution < 1.29 is 9.53 Å². The molecule has 1 aliphatic rings. The van der Waals surface area contributed by atoms with E-state index < -0.39 is 0 Å². The van der Waals surface area contributed by atoms with Gasteiger partial charge in [0, 0.05) is 15.8 Å². The second-order valence-electron chi connectivity index (χ2n) is 6.42. The van der Waals surface area contributed by atoms with E-state index >= 15 is 0 Å². The first-order valence-corrected chi connectivity index (χ1v) is 10.3. The number of rotatable bonds is 4. The van der Waals surface area contributed by atoms with E-state index in [-0.39, 0.29) is 24.3 Å². The van der Waals surface area contributed by atoms with Crippen molar-refractivity contribution in [3.05, 3.63) is 52.0 Å². The molecule has 1 aromatic carbocycles. The zero-order chi connectivity index (χ0) is 18.1. The van der Waals surface area contributed by atoms with Gasteiger partial charge in [0.2, 0.25) is 0 Å². The van der Waals surface area contributed by atoms with Crippen LogP contribution in [-0.4, -0.2) is 17.6 Å². The molecular weight excluding hydrogens is 401 g/mol. The molecule has 0 N–H and O–H groups in total. The van der Waals surface area contributed by atoms with Crippen molar-refractivity contribution in [3.63, 3.8) is 0 Å². The number of nitrogens with zero attached hydrogens (tertiary/aromatic N) is 1. The average molecular weight is 422 g/mol. The highest BCUT2D eigenvalue weighted by molar-refractivity contribution is 7.19. The average Bonchev–Trinajstić information content (AvgIpc) is 3.05. The molecule has 3 aromatic rings. The van der Waals surface area contributed by atoms with Crippen LogP contribution in [0.25, 0.3) is 21.3 Å². The standard InChI is InChI=1S/C21H20ClNO2S.ClH/c1-2-25-21(24)19-15(12-22)23-20-18(14-10-6-7-11-16(14)26-20)17(19)13-8-4-3-5-9-13;/h3-5,8-9H,2,6-7,10-12H2,1H3;1H. The van der Waals surface area contributed by atoms with E-state index in [2.05, 4.69) is 0 Å². The predicted octanol–water partition coefficient (Wildman–Crippen LogP) is 6.18. The number of carbonyl (C=O) groups is 1. The van der Waals surface area contributed by atoms with Crippen molar-refractivity contribution in [3.8, 4) is 11.1 Å². The van der Waals surface area contributed by atoms with Crippen LogP contribution < -0.4 is 0 Å². The molecule has 3 nitrogen and oxygen atoms in total. The second kappa shape index (κ2) is 8.59. The predicted molar refractivity (Wildman–Crippen MR) is 114 cm³/mol. The molecule has 0 saturated carbocycles. The van der Waals surface area contributed by atoms with Gasteiger partial charge < -0.3 is 4.74 Å². The summed E-state index contributed by atoms with van der Waals surface area (Å²) in [5.41, 5.74) is 4.43. The van der Waals surface area contributed by atoms with Gasteiger partial charge in [-0.3, -0.25) is 0 Å². The molecule has 0 fully saturated rings. The lowest BCUT2D eigenvalue weighted by atomic mass is 9.90. The molecule has 0 radical (unpaired) electrons. The smallest absolute Gasteiger partial charge is 0.340 e. The Balaban J connectivity index is 0.00000210. The first-order chi connectivity index (χ1) is 12.7. The number of aromatic nitrogens is 1. The maximum Gasteiger partial charge on any atom is 0.340 e. The summed E-state index contributed by atoms with van der Waals surface area (Å²) in [6.45, 7) is 2.15. The summed E-state index contributed by atoms with van der Waals surface area (Å²) in [6, 6.07) is 10.1. The van der Waals surface area contributed by atoms with Gasteiger partial charge in [-0.1, -0.05) is 30.3 Å². The summed E-state index contributed by atoms with van der Waals surface area (Å²) in [5, 5.41) is 1.12. The highest BCUT2D eigenvalue weighted by atomic mass is 35.5. The zero-order valence-electron chi connectivity index (χ0n) is 15.1. The van der Waals surface area contributed by atoms with Gasteiger partial charge in [-0.25, -0.2) is 9.78 Å². The van der Waals surface area contributed by atoms with E-state index in [1.54, 1.807) is 11.3 Å². The van der Waals surface area contributed by atoms with E-state index in [0.717, 1.165) is 34.2 Å². The molecule has 0 spiro atoms. The number of pyridine rings is 1. The molecular formula is C21H21Cl2NO2S. The minimum absolute atomic E-state index is 0. The van der Waals surface area contributed by atoms with Gasteiger partial charge in [0.15, 0.2) is 0 Å². The van der Waals surface area contributed by atoms with Gasteiger partial charge >= 0.3 is 5.97 Å². The normalized spacial score (nSPS) is 13.1. The third-order valence-corrected chi connectivity index (χ3v) is 6.29. The fourth-order valence-electron chi connectivity index (χ4n) is 3.75. The lowest BCUT2D eigenvalue weighted by Crippen LogP contribution is -2.12. The molecule has 4 rings (SSSR count). The number of carbonyl (C=O) groups excluding carboxylic acids is 1. The number of hydrogen-bond acceptors (Lipinski definition) is 4. The van der Waals surface area contributed by atoms with Crippen LogP contribution in [-0.2, 0) is 23.5 Å². The number of alkyl halides is 1. The lowest BCUT2D eigenvalue weighted by Gasteiger charge is -2.16. The largest absolute Gasteiger partial charge is 0.462 e. The summed E-state index contributed by atoms with van der Waals surface area (Å²) in [7, 11) is 0. The highest BCUT2D eigenvalue weighted by Gasteiger charge is 2.27.